The Morgan fingerprint density at radius 2 is 1.92 bits per heavy atom. The molecule has 0 saturated carbocycles. The Morgan fingerprint density at radius 1 is 1.15 bits per heavy atom. The highest BCUT2D eigenvalue weighted by molar-refractivity contribution is 5.77. The third kappa shape index (κ3) is 9.34. The highest BCUT2D eigenvalue weighted by Crippen LogP contribution is 1.96. The molecular weight excluding hydrogens is 164 g/mol. The fourth-order valence-electron chi connectivity index (χ4n) is 1.14. The largest absolute Gasteiger partial charge is 0.355 e. The summed E-state index contributed by atoms with van der Waals surface area (Å²) in [7, 11) is 0. The predicted octanol–water partition coefficient (Wildman–Crippen LogP) is 1.29. The first-order chi connectivity index (χ1) is 6.31. The fraction of sp³-hybridized carbons (Fsp3) is 0.900. The van der Waals surface area contributed by atoms with Crippen LogP contribution in [-0.4, -0.2) is 25.5 Å². The van der Waals surface area contributed by atoms with Gasteiger partial charge in [0.05, 0.1) is 6.54 Å². The average Bonchev–Trinajstić information content (AvgIpc) is 2.11. The van der Waals surface area contributed by atoms with Crippen LogP contribution in [0.5, 0.6) is 0 Å². The summed E-state index contributed by atoms with van der Waals surface area (Å²) in [5.74, 6) is 0.0954. The predicted molar refractivity (Wildman–Crippen MR) is 55.7 cm³/mol. The van der Waals surface area contributed by atoms with Crippen LogP contribution in [0.2, 0.25) is 0 Å². The smallest absolute Gasteiger partial charge is 0.233 e. The molecule has 3 nitrogen and oxygen atoms in total. The third-order valence-electron chi connectivity index (χ3n) is 1.87. The summed E-state index contributed by atoms with van der Waals surface area (Å²) in [5.41, 5.74) is 0. The SMILES string of the molecule is CCCCCCNCC(=O)NCC. The second kappa shape index (κ2) is 9.52. The third-order valence-corrected chi connectivity index (χ3v) is 1.87. The van der Waals surface area contributed by atoms with Crippen LogP contribution in [0.3, 0.4) is 0 Å². The molecule has 13 heavy (non-hydrogen) atoms. The monoisotopic (exact) mass is 186 g/mol. The lowest BCUT2D eigenvalue weighted by Gasteiger charge is -2.04. The number of hydrogen-bond donors (Lipinski definition) is 2. The molecule has 3 heteroatoms. The minimum absolute atomic E-state index is 0.0954. The van der Waals surface area contributed by atoms with Crippen LogP contribution in [0.25, 0.3) is 0 Å². The molecule has 78 valence electrons. The minimum Gasteiger partial charge on any atom is -0.355 e. The van der Waals surface area contributed by atoms with Crippen molar-refractivity contribution < 1.29 is 4.79 Å². The lowest BCUT2D eigenvalue weighted by atomic mass is 10.2. The second-order valence-electron chi connectivity index (χ2n) is 3.19. The van der Waals surface area contributed by atoms with Crippen molar-refractivity contribution in [2.24, 2.45) is 0 Å². The molecular formula is C10H22N2O. The molecule has 0 aliphatic carbocycles. The Kier molecular flexibility index (Phi) is 9.10. The molecule has 0 aliphatic rings. The maximum absolute atomic E-state index is 11.0. The lowest BCUT2D eigenvalue weighted by Crippen LogP contribution is -2.33. The molecule has 0 aromatic rings. The highest BCUT2D eigenvalue weighted by Gasteiger charge is 1.96. The van der Waals surface area contributed by atoms with Gasteiger partial charge in [0.25, 0.3) is 0 Å². The zero-order valence-corrected chi connectivity index (χ0v) is 8.86. The molecule has 0 aromatic heterocycles. The molecule has 0 saturated heterocycles. The number of amides is 1. The molecule has 0 radical (unpaired) electrons. The topological polar surface area (TPSA) is 41.1 Å². The van der Waals surface area contributed by atoms with Crippen LogP contribution in [0.4, 0.5) is 0 Å². The molecule has 0 bridgehead atoms. The van der Waals surface area contributed by atoms with E-state index in [1.165, 1.54) is 25.7 Å². The van der Waals surface area contributed by atoms with Gasteiger partial charge in [0.15, 0.2) is 0 Å². The number of nitrogens with one attached hydrogen (secondary N) is 2. The van der Waals surface area contributed by atoms with Crippen molar-refractivity contribution in [1.82, 2.24) is 10.6 Å². The van der Waals surface area contributed by atoms with Crippen LogP contribution in [-0.2, 0) is 4.79 Å². The molecule has 0 fully saturated rings. The molecule has 0 aromatic carbocycles. The van der Waals surface area contributed by atoms with E-state index < -0.39 is 0 Å². The fourth-order valence-corrected chi connectivity index (χ4v) is 1.14. The summed E-state index contributed by atoms with van der Waals surface area (Å²) >= 11 is 0. The highest BCUT2D eigenvalue weighted by atomic mass is 16.1. The summed E-state index contributed by atoms with van der Waals surface area (Å²) in [6.45, 7) is 6.26. The first-order valence-corrected chi connectivity index (χ1v) is 5.28. The van der Waals surface area contributed by atoms with E-state index >= 15 is 0 Å². The van der Waals surface area contributed by atoms with Crippen molar-refractivity contribution in [3.05, 3.63) is 0 Å². The summed E-state index contributed by atoms with van der Waals surface area (Å²) in [4.78, 5) is 11.0. The number of likely N-dealkylation sites (N-methyl/N-ethyl adjacent to an activating group) is 1. The molecule has 0 atom stereocenters. The molecule has 0 aliphatic heterocycles. The Morgan fingerprint density at radius 3 is 2.54 bits per heavy atom. The maximum atomic E-state index is 11.0. The van der Waals surface area contributed by atoms with E-state index in [9.17, 15) is 4.79 Å². The lowest BCUT2D eigenvalue weighted by molar-refractivity contribution is -0.120. The van der Waals surface area contributed by atoms with Gasteiger partial charge in [0.2, 0.25) is 5.91 Å². The number of unbranched alkanes of at least 4 members (excludes halogenated alkanes) is 3. The second-order valence-corrected chi connectivity index (χ2v) is 3.19. The van der Waals surface area contributed by atoms with Gasteiger partial charge in [-0.15, -0.1) is 0 Å². The van der Waals surface area contributed by atoms with Gasteiger partial charge in [-0.3, -0.25) is 4.79 Å². The maximum Gasteiger partial charge on any atom is 0.233 e. The number of hydrogen-bond acceptors (Lipinski definition) is 2. The Labute approximate surface area is 81.3 Å². The normalized spacial score (nSPS) is 10.0. The summed E-state index contributed by atoms with van der Waals surface area (Å²) < 4.78 is 0. The van der Waals surface area contributed by atoms with Crippen molar-refractivity contribution in [2.75, 3.05) is 19.6 Å². The average molecular weight is 186 g/mol. The van der Waals surface area contributed by atoms with Crippen LogP contribution in [0.15, 0.2) is 0 Å². The van der Waals surface area contributed by atoms with Gasteiger partial charge in [0, 0.05) is 6.54 Å². The van der Waals surface area contributed by atoms with E-state index in [-0.39, 0.29) is 5.91 Å². The van der Waals surface area contributed by atoms with Gasteiger partial charge >= 0.3 is 0 Å². The van der Waals surface area contributed by atoms with E-state index in [0.29, 0.717) is 6.54 Å². The van der Waals surface area contributed by atoms with Crippen LogP contribution in [0, 0.1) is 0 Å². The minimum atomic E-state index is 0.0954. The van der Waals surface area contributed by atoms with Crippen molar-refractivity contribution in [2.45, 2.75) is 39.5 Å². The molecule has 0 unspecified atom stereocenters. The van der Waals surface area contributed by atoms with Gasteiger partial charge in [-0.1, -0.05) is 26.2 Å². The number of rotatable bonds is 8. The van der Waals surface area contributed by atoms with Crippen molar-refractivity contribution >= 4 is 5.91 Å². The summed E-state index contributed by atoms with van der Waals surface area (Å²) in [5, 5.41) is 5.86. The number of carbonyl (C=O) groups excluding carboxylic acids is 1. The molecule has 2 N–H and O–H groups in total. The van der Waals surface area contributed by atoms with Gasteiger partial charge in [-0.25, -0.2) is 0 Å². The van der Waals surface area contributed by atoms with E-state index in [0.717, 1.165) is 13.1 Å². The van der Waals surface area contributed by atoms with Gasteiger partial charge in [0.1, 0.15) is 0 Å². The van der Waals surface area contributed by atoms with Crippen molar-refractivity contribution in [3.63, 3.8) is 0 Å². The van der Waals surface area contributed by atoms with E-state index in [2.05, 4.69) is 17.6 Å². The quantitative estimate of drug-likeness (QED) is 0.561. The zero-order valence-electron chi connectivity index (χ0n) is 8.86. The van der Waals surface area contributed by atoms with Crippen LogP contribution >= 0.6 is 0 Å². The molecule has 0 heterocycles. The van der Waals surface area contributed by atoms with Gasteiger partial charge in [-0.05, 0) is 19.9 Å². The molecule has 1 amide bonds. The summed E-state index contributed by atoms with van der Waals surface area (Å²) in [6, 6.07) is 0. The Bertz CT molecular complexity index is 126. The van der Waals surface area contributed by atoms with Crippen molar-refractivity contribution in [1.29, 1.82) is 0 Å². The number of carbonyl (C=O) groups is 1. The van der Waals surface area contributed by atoms with E-state index in [4.69, 9.17) is 0 Å². The molecule has 0 spiro atoms. The Hall–Kier alpha value is -0.570. The van der Waals surface area contributed by atoms with E-state index in [1.807, 2.05) is 6.92 Å². The van der Waals surface area contributed by atoms with E-state index in [1.54, 1.807) is 0 Å². The molecule has 0 rings (SSSR count). The standard InChI is InChI=1S/C10H22N2O/c1-3-5-6-7-8-11-9-10(13)12-4-2/h11H,3-9H2,1-2H3,(H,12,13). The van der Waals surface area contributed by atoms with Gasteiger partial charge in [-0.2, -0.15) is 0 Å². The van der Waals surface area contributed by atoms with Crippen LogP contribution < -0.4 is 10.6 Å². The Balaban J connectivity index is 3.02. The zero-order chi connectivity index (χ0) is 9.94. The first kappa shape index (κ1) is 12.4. The van der Waals surface area contributed by atoms with Gasteiger partial charge < -0.3 is 10.6 Å². The first-order valence-electron chi connectivity index (χ1n) is 5.28. The van der Waals surface area contributed by atoms with Crippen LogP contribution in [0.1, 0.15) is 39.5 Å². The van der Waals surface area contributed by atoms with Crippen molar-refractivity contribution in [3.8, 4) is 0 Å². The summed E-state index contributed by atoms with van der Waals surface area (Å²) in [6.07, 6.45) is 4.99.